The first kappa shape index (κ1) is 12.2. The smallest absolute Gasteiger partial charge is 0.268 e. The lowest BCUT2D eigenvalue weighted by atomic mass is 10.1. The molecule has 0 fully saturated rings. The van der Waals surface area contributed by atoms with Crippen molar-refractivity contribution < 1.29 is 9.90 Å². The molecule has 1 atom stereocenters. The fourth-order valence-electron chi connectivity index (χ4n) is 1.70. The Bertz CT molecular complexity index is 522. The molecular weight excluding hydrogens is 230 g/mol. The number of aromatic amines is 1. The summed E-state index contributed by atoms with van der Waals surface area (Å²) in [6.45, 7) is -0.161. The number of nitrogen functional groups attached to an aromatic ring is 1. The maximum Gasteiger partial charge on any atom is 0.268 e. The quantitative estimate of drug-likeness (QED) is 0.649. The van der Waals surface area contributed by atoms with Gasteiger partial charge in [-0.05, 0) is 11.6 Å². The highest BCUT2D eigenvalue weighted by atomic mass is 16.3. The lowest BCUT2D eigenvalue weighted by Crippen LogP contribution is -2.30. The molecule has 0 aliphatic heterocycles. The van der Waals surface area contributed by atoms with Gasteiger partial charge in [0.25, 0.3) is 5.91 Å². The normalized spacial score (nSPS) is 12.1. The molecular formula is C13H15N3O2. The lowest BCUT2D eigenvalue weighted by molar-refractivity contribution is 0.0912. The average Bonchev–Trinajstić information content (AvgIpc) is 2.83. The number of aromatic nitrogens is 1. The molecule has 5 heteroatoms. The van der Waals surface area contributed by atoms with Crippen molar-refractivity contribution in [2.75, 3.05) is 12.3 Å². The van der Waals surface area contributed by atoms with Crippen LogP contribution in [0.3, 0.4) is 0 Å². The number of rotatable bonds is 4. The van der Waals surface area contributed by atoms with Crippen molar-refractivity contribution in [3.63, 3.8) is 0 Å². The number of hydrogen-bond acceptors (Lipinski definition) is 3. The zero-order valence-electron chi connectivity index (χ0n) is 9.76. The standard InChI is InChI=1S/C13H15N3O2/c14-10-6-11(15-7-10)13(18)16-12(8-17)9-4-2-1-3-5-9/h1-7,12,15,17H,8,14H2,(H,16,18). The van der Waals surface area contributed by atoms with Gasteiger partial charge in [0.1, 0.15) is 5.69 Å². The van der Waals surface area contributed by atoms with Gasteiger partial charge in [-0.25, -0.2) is 0 Å². The zero-order chi connectivity index (χ0) is 13.0. The van der Waals surface area contributed by atoms with E-state index >= 15 is 0 Å². The van der Waals surface area contributed by atoms with Crippen LogP contribution < -0.4 is 11.1 Å². The molecule has 5 nitrogen and oxygen atoms in total. The van der Waals surface area contributed by atoms with E-state index < -0.39 is 6.04 Å². The van der Waals surface area contributed by atoms with Crippen molar-refractivity contribution in [1.82, 2.24) is 10.3 Å². The van der Waals surface area contributed by atoms with Gasteiger partial charge in [-0.1, -0.05) is 30.3 Å². The van der Waals surface area contributed by atoms with Crippen molar-refractivity contribution in [3.8, 4) is 0 Å². The minimum atomic E-state index is -0.428. The summed E-state index contributed by atoms with van der Waals surface area (Å²) in [5.74, 6) is -0.297. The maximum absolute atomic E-state index is 11.9. The second-order valence-corrected chi connectivity index (χ2v) is 3.97. The minimum Gasteiger partial charge on any atom is -0.397 e. The average molecular weight is 245 g/mol. The molecule has 0 spiro atoms. The Hall–Kier alpha value is -2.27. The van der Waals surface area contributed by atoms with Crippen molar-refractivity contribution in [3.05, 3.63) is 53.9 Å². The molecule has 94 valence electrons. The van der Waals surface area contributed by atoms with E-state index in [9.17, 15) is 9.90 Å². The van der Waals surface area contributed by atoms with Gasteiger partial charge in [-0.3, -0.25) is 4.79 Å². The fraction of sp³-hybridized carbons (Fsp3) is 0.154. The lowest BCUT2D eigenvalue weighted by Gasteiger charge is -2.16. The number of carbonyl (C=O) groups is 1. The first-order valence-corrected chi connectivity index (χ1v) is 5.61. The van der Waals surface area contributed by atoms with Crippen LogP contribution in [0.25, 0.3) is 0 Å². The number of anilines is 1. The molecule has 1 unspecified atom stereocenters. The van der Waals surface area contributed by atoms with Crippen LogP contribution in [0, 0.1) is 0 Å². The second kappa shape index (κ2) is 5.37. The highest BCUT2D eigenvalue weighted by Gasteiger charge is 2.15. The molecule has 2 rings (SSSR count). The van der Waals surface area contributed by atoms with Crippen molar-refractivity contribution in [2.24, 2.45) is 0 Å². The van der Waals surface area contributed by atoms with Crippen LogP contribution in [-0.2, 0) is 0 Å². The second-order valence-electron chi connectivity index (χ2n) is 3.97. The molecule has 1 aromatic heterocycles. The van der Waals surface area contributed by atoms with Crippen LogP contribution in [0.5, 0.6) is 0 Å². The van der Waals surface area contributed by atoms with Crippen molar-refractivity contribution in [1.29, 1.82) is 0 Å². The number of aliphatic hydroxyl groups is 1. The predicted octanol–water partition coefficient (Wildman–Crippen LogP) is 1.06. The molecule has 1 heterocycles. The molecule has 0 radical (unpaired) electrons. The summed E-state index contributed by atoms with van der Waals surface area (Å²) in [5, 5.41) is 12.1. The number of nitrogens with one attached hydrogen (secondary N) is 2. The van der Waals surface area contributed by atoms with Gasteiger partial charge in [0.15, 0.2) is 0 Å². The summed E-state index contributed by atoms with van der Waals surface area (Å²) in [7, 11) is 0. The number of nitrogens with two attached hydrogens (primary N) is 1. The van der Waals surface area contributed by atoms with Gasteiger partial charge in [-0.2, -0.15) is 0 Å². The Kier molecular flexibility index (Phi) is 3.64. The Morgan fingerprint density at radius 2 is 2.11 bits per heavy atom. The van der Waals surface area contributed by atoms with Crippen LogP contribution in [0.2, 0.25) is 0 Å². The highest BCUT2D eigenvalue weighted by Crippen LogP contribution is 2.13. The summed E-state index contributed by atoms with van der Waals surface area (Å²) in [4.78, 5) is 14.7. The number of carbonyl (C=O) groups excluding carboxylic acids is 1. The molecule has 0 aliphatic carbocycles. The largest absolute Gasteiger partial charge is 0.397 e. The van der Waals surface area contributed by atoms with E-state index in [0.717, 1.165) is 5.56 Å². The third kappa shape index (κ3) is 2.70. The summed E-state index contributed by atoms with van der Waals surface area (Å²) >= 11 is 0. The maximum atomic E-state index is 11.9. The van der Waals surface area contributed by atoms with E-state index in [1.165, 1.54) is 0 Å². The summed E-state index contributed by atoms with van der Waals surface area (Å²) < 4.78 is 0. The number of aliphatic hydroxyl groups excluding tert-OH is 1. The summed E-state index contributed by atoms with van der Waals surface area (Å²) in [5.41, 5.74) is 7.26. The molecule has 5 N–H and O–H groups in total. The monoisotopic (exact) mass is 245 g/mol. The summed E-state index contributed by atoms with van der Waals surface area (Å²) in [6.07, 6.45) is 1.55. The van der Waals surface area contributed by atoms with Crippen LogP contribution >= 0.6 is 0 Å². The first-order chi connectivity index (χ1) is 8.70. The Morgan fingerprint density at radius 3 is 2.67 bits per heavy atom. The Balaban J connectivity index is 2.10. The van der Waals surface area contributed by atoms with Crippen LogP contribution in [0.15, 0.2) is 42.6 Å². The van der Waals surface area contributed by atoms with Gasteiger partial charge >= 0.3 is 0 Å². The third-order valence-corrected chi connectivity index (χ3v) is 2.64. The predicted molar refractivity (Wildman–Crippen MR) is 68.9 cm³/mol. The molecule has 1 aromatic carbocycles. The molecule has 0 aliphatic rings. The van der Waals surface area contributed by atoms with E-state index in [4.69, 9.17) is 5.73 Å². The van der Waals surface area contributed by atoms with Crippen molar-refractivity contribution in [2.45, 2.75) is 6.04 Å². The van der Waals surface area contributed by atoms with Crippen LogP contribution in [-0.4, -0.2) is 22.6 Å². The SMILES string of the molecule is Nc1c[nH]c(C(=O)NC(CO)c2ccccc2)c1. The number of benzene rings is 1. The van der Waals surface area contributed by atoms with Crippen LogP contribution in [0.4, 0.5) is 5.69 Å². The van der Waals surface area contributed by atoms with E-state index in [-0.39, 0.29) is 12.5 Å². The van der Waals surface area contributed by atoms with Crippen molar-refractivity contribution >= 4 is 11.6 Å². The third-order valence-electron chi connectivity index (χ3n) is 2.64. The van der Waals surface area contributed by atoms with E-state index in [2.05, 4.69) is 10.3 Å². The van der Waals surface area contributed by atoms with Gasteiger partial charge in [0, 0.05) is 11.9 Å². The Labute approximate surface area is 105 Å². The zero-order valence-corrected chi connectivity index (χ0v) is 9.76. The summed E-state index contributed by atoms with van der Waals surface area (Å²) in [6, 6.07) is 10.4. The fourth-order valence-corrected chi connectivity index (χ4v) is 1.70. The minimum absolute atomic E-state index is 0.161. The molecule has 18 heavy (non-hydrogen) atoms. The number of H-pyrrole nitrogens is 1. The molecule has 0 bridgehead atoms. The highest BCUT2D eigenvalue weighted by molar-refractivity contribution is 5.93. The first-order valence-electron chi connectivity index (χ1n) is 5.61. The molecule has 0 saturated carbocycles. The topological polar surface area (TPSA) is 91.1 Å². The van der Waals surface area contributed by atoms with Gasteiger partial charge in [0.2, 0.25) is 0 Å². The number of amides is 1. The van der Waals surface area contributed by atoms with Gasteiger partial charge < -0.3 is 21.1 Å². The van der Waals surface area contributed by atoms with Crippen LogP contribution in [0.1, 0.15) is 22.1 Å². The molecule has 2 aromatic rings. The van der Waals surface area contributed by atoms with E-state index in [0.29, 0.717) is 11.4 Å². The van der Waals surface area contributed by atoms with E-state index in [1.807, 2.05) is 30.3 Å². The Morgan fingerprint density at radius 1 is 1.39 bits per heavy atom. The molecule has 0 saturated heterocycles. The van der Waals surface area contributed by atoms with E-state index in [1.54, 1.807) is 12.3 Å². The van der Waals surface area contributed by atoms with Gasteiger partial charge in [0.05, 0.1) is 12.6 Å². The molecule has 1 amide bonds. The number of hydrogen-bond donors (Lipinski definition) is 4. The van der Waals surface area contributed by atoms with Gasteiger partial charge in [-0.15, -0.1) is 0 Å².